The van der Waals surface area contributed by atoms with E-state index in [4.69, 9.17) is 10.5 Å². The number of carbonyl (C=O) groups is 2. The molecule has 1 aliphatic heterocycles. The number of thioether (sulfide) groups is 1. The van der Waals surface area contributed by atoms with Crippen LogP contribution in [0.1, 0.15) is 36.3 Å². The Balaban J connectivity index is 1.43. The molecule has 2 aromatic carbocycles. The van der Waals surface area contributed by atoms with Crippen molar-refractivity contribution in [2.45, 2.75) is 36.4 Å². The van der Waals surface area contributed by atoms with E-state index in [1.54, 1.807) is 12.0 Å². The van der Waals surface area contributed by atoms with Gasteiger partial charge in [-0.05, 0) is 59.5 Å². The van der Waals surface area contributed by atoms with Crippen LogP contribution in [0.2, 0.25) is 0 Å². The Morgan fingerprint density at radius 1 is 1.30 bits per heavy atom. The highest BCUT2D eigenvalue weighted by atomic mass is 79.9. The highest BCUT2D eigenvalue weighted by Gasteiger charge is 2.42. The Morgan fingerprint density at radius 2 is 2.10 bits per heavy atom. The number of aromatic nitrogens is 2. The van der Waals surface area contributed by atoms with E-state index in [1.807, 2.05) is 49.4 Å². The molecule has 0 bridgehead atoms. The molecule has 1 amide bonds. The zero-order valence-electron chi connectivity index (χ0n) is 21.7. The first-order valence-electron chi connectivity index (χ1n) is 12.4. The average Bonchev–Trinajstić information content (AvgIpc) is 3.41. The molecule has 1 aromatic heterocycles. The number of amides is 1. The van der Waals surface area contributed by atoms with Crippen molar-refractivity contribution in [2.75, 3.05) is 23.1 Å². The van der Waals surface area contributed by atoms with Crippen molar-refractivity contribution in [3.8, 4) is 11.8 Å². The molecule has 2 heterocycles. The maximum atomic E-state index is 13.3. The highest BCUT2D eigenvalue weighted by molar-refractivity contribution is 9.10. The van der Waals surface area contributed by atoms with Crippen LogP contribution in [0.25, 0.3) is 0 Å². The van der Waals surface area contributed by atoms with Crippen molar-refractivity contribution >= 4 is 61.5 Å². The van der Waals surface area contributed by atoms with Gasteiger partial charge in [0.05, 0.1) is 36.1 Å². The highest BCUT2D eigenvalue weighted by Crippen LogP contribution is 2.48. The predicted molar refractivity (Wildman–Crippen MR) is 159 cm³/mol. The van der Waals surface area contributed by atoms with Gasteiger partial charge in [0.2, 0.25) is 11.0 Å². The molecule has 3 N–H and O–H groups in total. The lowest BCUT2D eigenvalue weighted by atomic mass is 9.75. The molecule has 0 fully saturated rings. The lowest BCUT2D eigenvalue weighted by molar-refractivity contribution is -0.116. The van der Waals surface area contributed by atoms with Gasteiger partial charge < -0.3 is 15.8 Å². The molecule has 1 unspecified atom stereocenters. The number of hydrogen-bond donors (Lipinski definition) is 2. The Hall–Kier alpha value is -3.66. The fourth-order valence-electron chi connectivity index (χ4n) is 4.91. The normalized spacial score (nSPS) is 17.0. The standard InChI is InChI=1S/C28H25BrN6O3S2/c1-15-10-11-19(18(29)12-15)32-23(37)14-39-28-34-33-27(40-28)35-20-7-5-8-21(36)25(20)24(17(13-30)26(35)31)16-6-3-4-9-22(16)38-2/h3-4,6,9-12,24H,5,7-8,14,31H2,1-2H3,(H,32,37). The van der Waals surface area contributed by atoms with Crippen molar-refractivity contribution in [1.29, 1.82) is 5.26 Å². The second-order valence-electron chi connectivity index (χ2n) is 9.23. The smallest absolute Gasteiger partial charge is 0.234 e. The number of ether oxygens (including phenoxy) is 1. The number of methoxy groups -OCH3 is 1. The Bertz CT molecular complexity index is 1610. The van der Waals surface area contributed by atoms with Crippen LogP contribution in [-0.4, -0.2) is 34.8 Å². The number of rotatable bonds is 7. The lowest BCUT2D eigenvalue weighted by Crippen LogP contribution is -2.38. The molecule has 204 valence electrons. The van der Waals surface area contributed by atoms with Gasteiger partial charge in [-0.2, -0.15) is 5.26 Å². The molecule has 0 saturated carbocycles. The summed E-state index contributed by atoms with van der Waals surface area (Å²) in [6.07, 6.45) is 1.65. The molecular weight excluding hydrogens is 612 g/mol. The number of hydrogen-bond acceptors (Lipinski definition) is 10. The number of nitriles is 1. The molecule has 0 spiro atoms. The van der Waals surface area contributed by atoms with Gasteiger partial charge in [-0.3, -0.25) is 14.5 Å². The van der Waals surface area contributed by atoms with E-state index in [2.05, 4.69) is 37.5 Å². The Labute approximate surface area is 248 Å². The number of halogens is 1. The van der Waals surface area contributed by atoms with Gasteiger partial charge in [0.25, 0.3) is 0 Å². The molecule has 0 radical (unpaired) electrons. The molecule has 3 aromatic rings. The monoisotopic (exact) mass is 636 g/mol. The first-order chi connectivity index (χ1) is 19.3. The molecule has 5 rings (SSSR count). The van der Waals surface area contributed by atoms with Crippen LogP contribution < -0.4 is 20.7 Å². The molecular formula is C28H25BrN6O3S2. The fourth-order valence-corrected chi connectivity index (χ4v) is 7.18. The largest absolute Gasteiger partial charge is 0.496 e. The van der Waals surface area contributed by atoms with Gasteiger partial charge in [0.15, 0.2) is 10.1 Å². The van der Waals surface area contributed by atoms with Crippen LogP contribution in [0.15, 0.2) is 73.9 Å². The molecule has 12 heteroatoms. The summed E-state index contributed by atoms with van der Waals surface area (Å²) in [6, 6.07) is 15.3. The number of nitrogens with one attached hydrogen (secondary N) is 1. The summed E-state index contributed by atoms with van der Waals surface area (Å²) in [5.74, 6) is 0.0791. The first-order valence-corrected chi connectivity index (χ1v) is 15.0. The number of aryl methyl sites for hydroxylation is 1. The summed E-state index contributed by atoms with van der Waals surface area (Å²) in [5.41, 5.74) is 10.6. The number of allylic oxidation sites excluding steroid dienone is 3. The summed E-state index contributed by atoms with van der Waals surface area (Å²) in [7, 11) is 1.56. The number of para-hydroxylation sites is 1. The fraction of sp³-hybridized carbons (Fsp3) is 0.250. The summed E-state index contributed by atoms with van der Waals surface area (Å²) in [5, 5.41) is 22.2. The average molecular weight is 638 g/mol. The Morgan fingerprint density at radius 3 is 2.85 bits per heavy atom. The summed E-state index contributed by atoms with van der Waals surface area (Å²) >= 11 is 5.98. The summed E-state index contributed by atoms with van der Waals surface area (Å²) in [6.45, 7) is 1.98. The summed E-state index contributed by atoms with van der Waals surface area (Å²) in [4.78, 5) is 27.6. The third-order valence-corrected chi connectivity index (χ3v) is 9.37. The van der Waals surface area contributed by atoms with E-state index in [0.29, 0.717) is 51.3 Å². The number of ketones is 1. The first kappa shape index (κ1) is 27.9. The minimum Gasteiger partial charge on any atom is -0.496 e. The van der Waals surface area contributed by atoms with Crippen molar-refractivity contribution in [3.05, 3.63) is 80.7 Å². The summed E-state index contributed by atoms with van der Waals surface area (Å²) < 4.78 is 6.95. The molecule has 9 nitrogen and oxygen atoms in total. The maximum absolute atomic E-state index is 13.3. The van der Waals surface area contributed by atoms with E-state index in [-0.39, 0.29) is 28.8 Å². The van der Waals surface area contributed by atoms with E-state index in [1.165, 1.54) is 23.1 Å². The minimum atomic E-state index is -0.633. The van der Waals surface area contributed by atoms with E-state index < -0.39 is 5.92 Å². The van der Waals surface area contributed by atoms with Crippen LogP contribution in [0.4, 0.5) is 10.8 Å². The predicted octanol–water partition coefficient (Wildman–Crippen LogP) is 5.65. The number of nitrogens with zero attached hydrogens (tertiary/aromatic N) is 4. The van der Waals surface area contributed by atoms with Crippen LogP contribution in [-0.2, 0) is 9.59 Å². The second-order valence-corrected chi connectivity index (χ2v) is 12.3. The zero-order chi connectivity index (χ0) is 28.4. The SMILES string of the molecule is COc1ccccc1C1C(C#N)=C(N)N(c2nnc(SCC(=O)Nc3ccc(C)cc3Br)s2)C2=C1C(=O)CCC2. The third-order valence-electron chi connectivity index (χ3n) is 6.68. The van der Waals surface area contributed by atoms with Gasteiger partial charge in [0, 0.05) is 27.7 Å². The van der Waals surface area contributed by atoms with Gasteiger partial charge in [-0.25, -0.2) is 0 Å². The Kier molecular flexibility index (Phi) is 8.25. The van der Waals surface area contributed by atoms with Crippen LogP contribution in [0.3, 0.4) is 0 Å². The molecule has 1 atom stereocenters. The van der Waals surface area contributed by atoms with Crippen molar-refractivity contribution in [2.24, 2.45) is 5.73 Å². The van der Waals surface area contributed by atoms with Crippen molar-refractivity contribution in [1.82, 2.24) is 10.2 Å². The molecule has 2 aliphatic rings. The number of Topliss-reactive ketones (excluding diaryl/α,β-unsaturated/α-hetero) is 1. The topological polar surface area (TPSA) is 134 Å². The van der Waals surface area contributed by atoms with E-state index >= 15 is 0 Å². The van der Waals surface area contributed by atoms with E-state index in [9.17, 15) is 14.9 Å². The second kappa shape index (κ2) is 11.8. The lowest BCUT2D eigenvalue weighted by Gasteiger charge is -2.38. The minimum absolute atomic E-state index is 0.0274. The number of benzene rings is 2. The van der Waals surface area contributed by atoms with Gasteiger partial charge in [-0.15, -0.1) is 10.2 Å². The van der Waals surface area contributed by atoms with Gasteiger partial charge >= 0.3 is 0 Å². The number of carbonyl (C=O) groups excluding carboxylic acids is 2. The molecule has 1 aliphatic carbocycles. The van der Waals surface area contributed by atoms with Gasteiger partial charge in [0.1, 0.15) is 11.6 Å². The third kappa shape index (κ3) is 5.37. The van der Waals surface area contributed by atoms with Crippen LogP contribution >= 0.6 is 39.0 Å². The molecule has 0 saturated heterocycles. The molecule has 40 heavy (non-hydrogen) atoms. The zero-order valence-corrected chi connectivity index (χ0v) is 25.0. The quantitative estimate of drug-likeness (QED) is 0.315. The number of anilines is 2. The van der Waals surface area contributed by atoms with E-state index in [0.717, 1.165) is 15.7 Å². The van der Waals surface area contributed by atoms with Crippen LogP contribution in [0, 0.1) is 18.3 Å². The van der Waals surface area contributed by atoms with Crippen LogP contribution in [0.5, 0.6) is 5.75 Å². The van der Waals surface area contributed by atoms with Crippen molar-refractivity contribution in [3.63, 3.8) is 0 Å². The number of nitrogens with two attached hydrogens (primary N) is 1. The maximum Gasteiger partial charge on any atom is 0.234 e. The van der Waals surface area contributed by atoms with Gasteiger partial charge in [-0.1, -0.05) is 47.4 Å². The van der Waals surface area contributed by atoms with Crippen molar-refractivity contribution < 1.29 is 14.3 Å².